The van der Waals surface area contributed by atoms with E-state index in [2.05, 4.69) is 61.4 Å². The predicted octanol–water partition coefficient (Wildman–Crippen LogP) is 9.43. The Kier molecular flexibility index (Phi) is 10.8. The molecule has 3 rings (SSSR count). The van der Waals surface area contributed by atoms with Crippen LogP contribution in [0, 0.1) is 6.92 Å². The highest BCUT2D eigenvalue weighted by Gasteiger charge is 2.17. The van der Waals surface area contributed by atoms with Gasteiger partial charge in [-0.25, -0.2) is 0 Å². The molecule has 3 aromatic rings. The Morgan fingerprint density at radius 3 is 2.15 bits per heavy atom. The molecule has 0 heterocycles. The number of methoxy groups -OCH3 is 1. The Balaban J connectivity index is 2.00. The van der Waals surface area contributed by atoms with Gasteiger partial charge in [0, 0.05) is 23.5 Å². The Hall–Kier alpha value is -4.63. The molecule has 0 unspecified atom stereocenters. The molecule has 0 aromatic heterocycles. The molecule has 40 heavy (non-hydrogen) atoms. The molecular weight excluding hydrogens is 490 g/mol. The minimum atomic E-state index is -0.0568. The molecule has 0 saturated heterocycles. The van der Waals surface area contributed by atoms with Gasteiger partial charge in [-0.15, -0.1) is 0 Å². The molecule has 3 aromatic carbocycles. The number of carbonyl (C=O) groups excluding carboxylic acids is 1. The lowest BCUT2D eigenvalue weighted by atomic mass is 9.97. The van der Waals surface area contributed by atoms with E-state index in [1.54, 1.807) is 7.11 Å². The van der Waals surface area contributed by atoms with Gasteiger partial charge in [-0.3, -0.25) is 4.79 Å². The van der Waals surface area contributed by atoms with Crippen molar-refractivity contribution in [3.63, 3.8) is 0 Å². The number of ether oxygens (including phenoxy) is 1. The highest BCUT2D eigenvalue weighted by Crippen LogP contribution is 2.32. The second-order valence-electron chi connectivity index (χ2n) is 9.49. The zero-order valence-electron chi connectivity index (χ0n) is 24.3. The molecule has 0 atom stereocenters. The van der Waals surface area contributed by atoms with Crippen LogP contribution < -0.4 is 9.64 Å². The van der Waals surface area contributed by atoms with Crippen LogP contribution in [0.2, 0.25) is 0 Å². The van der Waals surface area contributed by atoms with Gasteiger partial charge >= 0.3 is 0 Å². The van der Waals surface area contributed by atoms with Crippen molar-refractivity contribution in [2.75, 3.05) is 18.6 Å². The summed E-state index contributed by atoms with van der Waals surface area (Å²) in [5.74, 6) is 0.496. The summed E-state index contributed by atoms with van der Waals surface area (Å²) in [4.78, 5) is 15.4. The lowest BCUT2D eigenvalue weighted by molar-refractivity contribution is 0.103. The molecule has 0 spiro atoms. The smallest absolute Gasteiger partial charge is 0.196 e. The standard InChI is InChI=1S/C37H39NO2/c1-8-12-14-29(10-3)26-38(35(11-4)28(6)13-9-2)33-22-19-30(20-23-33)32-21-24-34(36(25-32)40-7)37(39)31-17-15-27(5)16-18-31/h8-25H,3-4,26H2,1-2,5-7H3/b12-8-,13-9-,29-14+,35-28+. The number of hydrogen-bond acceptors (Lipinski definition) is 3. The Labute approximate surface area is 239 Å². The van der Waals surface area contributed by atoms with E-state index in [1.165, 1.54) is 0 Å². The Bertz CT molecular complexity index is 1470. The van der Waals surface area contributed by atoms with Gasteiger partial charge in [-0.1, -0.05) is 97.6 Å². The molecule has 3 nitrogen and oxygen atoms in total. The fraction of sp³-hybridized carbons (Fsp3) is 0.162. The van der Waals surface area contributed by atoms with Gasteiger partial charge in [-0.2, -0.15) is 0 Å². The minimum absolute atomic E-state index is 0.0568. The third-order valence-electron chi connectivity index (χ3n) is 6.68. The highest BCUT2D eigenvalue weighted by atomic mass is 16.5. The van der Waals surface area contributed by atoms with Crippen LogP contribution in [0.15, 0.2) is 139 Å². The molecule has 0 N–H and O–H groups in total. The number of carbonyl (C=O) groups is 1. The third kappa shape index (κ3) is 7.27. The number of benzene rings is 3. The highest BCUT2D eigenvalue weighted by molar-refractivity contribution is 6.11. The van der Waals surface area contributed by atoms with Crippen molar-refractivity contribution in [3.05, 3.63) is 156 Å². The van der Waals surface area contributed by atoms with Crippen LogP contribution in [-0.4, -0.2) is 19.4 Å². The zero-order valence-corrected chi connectivity index (χ0v) is 24.3. The number of anilines is 1. The number of allylic oxidation sites excluding steroid dienone is 7. The van der Waals surface area contributed by atoms with Crippen LogP contribution in [0.25, 0.3) is 11.1 Å². The van der Waals surface area contributed by atoms with E-state index in [0.717, 1.165) is 39.2 Å². The topological polar surface area (TPSA) is 29.5 Å². The van der Waals surface area contributed by atoms with Crippen LogP contribution in [-0.2, 0) is 0 Å². The molecule has 0 amide bonds. The van der Waals surface area contributed by atoms with E-state index in [1.807, 2.05) is 93.6 Å². The lowest BCUT2D eigenvalue weighted by Crippen LogP contribution is -2.24. The normalized spacial score (nSPS) is 12.4. The maximum Gasteiger partial charge on any atom is 0.196 e. The van der Waals surface area contributed by atoms with Crippen molar-refractivity contribution in [2.45, 2.75) is 27.7 Å². The largest absolute Gasteiger partial charge is 0.496 e. The van der Waals surface area contributed by atoms with Crippen molar-refractivity contribution >= 4 is 11.5 Å². The molecular formula is C37H39NO2. The monoisotopic (exact) mass is 529 g/mol. The summed E-state index contributed by atoms with van der Waals surface area (Å²) >= 11 is 0. The molecule has 0 aliphatic carbocycles. The summed E-state index contributed by atoms with van der Waals surface area (Å²) in [5.41, 5.74) is 8.57. The fourth-order valence-corrected chi connectivity index (χ4v) is 4.48. The summed E-state index contributed by atoms with van der Waals surface area (Å²) in [6, 6.07) is 21.7. The van der Waals surface area contributed by atoms with Crippen LogP contribution in [0.5, 0.6) is 5.75 Å². The molecule has 3 heteroatoms. The summed E-state index contributed by atoms with van der Waals surface area (Å²) in [7, 11) is 1.60. The van der Waals surface area contributed by atoms with E-state index in [9.17, 15) is 4.79 Å². The van der Waals surface area contributed by atoms with Crippen molar-refractivity contribution in [1.82, 2.24) is 0 Å². The van der Waals surface area contributed by atoms with Crippen LogP contribution in [0.4, 0.5) is 5.69 Å². The van der Waals surface area contributed by atoms with Gasteiger partial charge < -0.3 is 9.64 Å². The van der Waals surface area contributed by atoms with Gasteiger partial charge in [0.25, 0.3) is 0 Å². The quantitative estimate of drug-likeness (QED) is 0.173. The van der Waals surface area contributed by atoms with E-state index < -0.39 is 0 Å². The van der Waals surface area contributed by atoms with Crippen LogP contribution >= 0.6 is 0 Å². The predicted molar refractivity (Wildman–Crippen MR) is 171 cm³/mol. The molecule has 0 aliphatic heterocycles. The van der Waals surface area contributed by atoms with Crippen molar-refractivity contribution in [3.8, 4) is 16.9 Å². The first-order chi connectivity index (χ1) is 19.4. The van der Waals surface area contributed by atoms with E-state index >= 15 is 0 Å². The third-order valence-corrected chi connectivity index (χ3v) is 6.68. The number of aryl methyl sites for hydroxylation is 1. The summed E-state index contributed by atoms with van der Waals surface area (Å²) < 4.78 is 5.65. The average Bonchev–Trinajstić information content (AvgIpc) is 2.98. The first-order valence-corrected chi connectivity index (χ1v) is 13.4. The van der Waals surface area contributed by atoms with Gasteiger partial charge in [0.1, 0.15) is 5.75 Å². The molecule has 0 radical (unpaired) electrons. The lowest BCUT2D eigenvalue weighted by Gasteiger charge is -2.28. The molecule has 0 aliphatic rings. The average molecular weight is 530 g/mol. The summed E-state index contributed by atoms with van der Waals surface area (Å²) in [6.45, 7) is 16.9. The van der Waals surface area contributed by atoms with E-state index in [4.69, 9.17) is 4.74 Å². The fourth-order valence-electron chi connectivity index (χ4n) is 4.48. The van der Waals surface area contributed by atoms with E-state index in [-0.39, 0.29) is 5.78 Å². The zero-order chi connectivity index (χ0) is 29.1. The second-order valence-corrected chi connectivity index (χ2v) is 9.49. The Morgan fingerprint density at radius 1 is 0.900 bits per heavy atom. The minimum Gasteiger partial charge on any atom is -0.496 e. The van der Waals surface area contributed by atoms with Crippen molar-refractivity contribution in [1.29, 1.82) is 0 Å². The van der Waals surface area contributed by atoms with Gasteiger partial charge in [0.2, 0.25) is 0 Å². The SMILES string of the molecule is C=C/C(=C\C=C/C)CN(/C(C=C)=C(C)/C=C\C)c1ccc(-c2ccc(C(=O)c3ccc(C)cc3)c(OC)c2)cc1. The molecule has 0 saturated carbocycles. The van der Waals surface area contributed by atoms with Crippen molar-refractivity contribution < 1.29 is 9.53 Å². The number of rotatable bonds is 12. The van der Waals surface area contributed by atoms with Crippen LogP contribution in [0.1, 0.15) is 42.3 Å². The van der Waals surface area contributed by atoms with Gasteiger partial charge in [-0.05, 0) is 80.3 Å². The van der Waals surface area contributed by atoms with Crippen molar-refractivity contribution in [2.24, 2.45) is 0 Å². The maximum absolute atomic E-state index is 13.2. The number of hydrogen-bond donors (Lipinski definition) is 0. The maximum atomic E-state index is 13.2. The second kappa shape index (κ2) is 14.5. The molecule has 204 valence electrons. The summed E-state index contributed by atoms with van der Waals surface area (Å²) in [6.07, 6.45) is 14.0. The molecule has 0 fully saturated rings. The van der Waals surface area contributed by atoms with Crippen LogP contribution in [0.3, 0.4) is 0 Å². The first-order valence-electron chi connectivity index (χ1n) is 13.4. The molecule has 0 bridgehead atoms. The van der Waals surface area contributed by atoms with Gasteiger partial charge in [0.15, 0.2) is 5.78 Å². The number of ketones is 1. The Morgan fingerprint density at radius 2 is 1.57 bits per heavy atom. The van der Waals surface area contributed by atoms with Gasteiger partial charge in [0.05, 0.1) is 12.7 Å². The first kappa shape index (κ1) is 29.9. The summed E-state index contributed by atoms with van der Waals surface area (Å²) in [5, 5.41) is 0. The number of nitrogens with zero attached hydrogens (tertiary/aromatic N) is 1. The van der Waals surface area contributed by atoms with E-state index in [0.29, 0.717) is 23.4 Å².